The van der Waals surface area contributed by atoms with Crippen LogP contribution >= 0.6 is 0 Å². The third-order valence-corrected chi connectivity index (χ3v) is 4.99. The number of rotatable bonds is 8. The quantitative estimate of drug-likeness (QED) is 0.802. The average Bonchev–Trinajstić information content (AvgIpc) is 2.39. The van der Waals surface area contributed by atoms with Crippen molar-refractivity contribution in [1.82, 2.24) is 0 Å². The Morgan fingerprint density at radius 2 is 1.80 bits per heavy atom. The van der Waals surface area contributed by atoms with Crippen molar-refractivity contribution >= 4 is 15.7 Å². The van der Waals surface area contributed by atoms with Gasteiger partial charge >= 0.3 is 0 Å². The van der Waals surface area contributed by atoms with Crippen molar-refractivity contribution in [3.63, 3.8) is 0 Å². The minimum absolute atomic E-state index is 0.184. The Morgan fingerprint density at radius 3 is 2.30 bits per heavy atom. The number of benzene rings is 1. The van der Waals surface area contributed by atoms with Crippen LogP contribution < -0.4 is 10.0 Å². The summed E-state index contributed by atoms with van der Waals surface area (Å²) in [5.41, 5.74) is 7.37. The third kappa shape index (κ3) is 5.13. The molecule has 0 saturated carbocycles. The Kier molecular flexibility index (Phi) is 6.49. The van der Waals surface area contributed by atoms with E-state index in [0.29, 0.717) is 31.8 Å². The van der Waals surface area contributed by atoms with E-state index in [1.54, 1.807) is 0 Å². The second-order valence-corrected chi connectivity index (χ2v) is 7.56. The third-order valence-electron chi connectivity index (χ3n) is 3.18. The summed E-state index contributed by atoms with van der Waals surface area (Å²) in [5.74, 6) is 0.558. The summed E-state index contributed by atoms with van der Waals surface area (Å²) in [5, 5.41) is 0. The summed E-state index contributed by atoms with van der Waals surface area (Å²) in [6, 6.07) is 7.59. The van der Waals surface area contributed by atoms with Gasteiger partial charge in [0.2, 0.25) is 10.0 Å². The number of nitrogens with two attached hydrogens (primary N) is 1. The molecule has 0 aliphatic rings. The van der Waals surface area contributed by atoms with E-state index in [9.17, 15) is 8.42 Å². The van der Waals surface area contributed by atoms with Gasteiger partial charge < -0.3 is 5.73 Å². The minimum Gasteiger partial charge on any atom is -0.330 e. The molecule has 0 fully saturated rings. The zero-order valence-corrected chi connectivity index (χ0v) is 13.5. The van der Waals surface area contributed by atoms with E-state index in [1.165, 1.54) is 4.31 Å². The molecular formula is C15H26N2O2S. The van der Waals surface area contributed by atoms with Crippen LogP contribution in [0.3, 0.4) is 0 Å². The van der Waals surface area contributed by atoms with E-state index >= 15 is 0 Å². The molecule has 0 atom stereocenters. The van der Waals surface area contributed by atoms with Gasteiger partial charge in [-0.3, -0.25) is 4.31 Å². The number of aryl methyl sites for hydroxylation is 1. The molecular weight excluding hydrogens is 272 g/mol. The first-order valence-electron chi connectivity index (χ1n) is 7.14. The molecule has 4 nitrogen and oxygen atoms in total. The lowest BCUT2D eigenvalue weighted by Gasteiger charge is -2.25. The van der Waals surface area contributed by atoms with Crippen molar-refractivity contribution in [2.75, 3.05) is 23.1 Å². The van der Waals surface area contributed by atoms with Crippen molar-refractivity contribution < 1.29 is 8.42 Å². The van der Waals surface area contributed by atoms with Gasteiger partial charge in [-0.05, 0) is 44.4 Å². The predicted molar refractivity (Wildman–Crippen MR) is 85.4 cm³/mol. The van der Waals surface area contributed by atoms with Crippen LogP contribution in [0.25, 0.3) is 0 Å². The molecule has 114 valence electrons. The van der Waals surface area contributed by atoms with E-state index in [0.717, 1.165) is 11.3 Å². The number of nitrogens with zero attached hydrogens (tertiary/aromatic N) is 1. The monoisotopic (exact) mass is 298 g/mol. The first-order valence-corrected chi connectivity index (χ1v) is 8.75. The molecule has 1 aromatic rings. The molecule has 0 heterocycles. The van der Waals surface area contributed by atoms with E-state index in [-0.39, 0.29) is 5.75 Å². The molecule has 1 rings (SSSR count). The van der Waals surface area contributed by atoms with Gasteiger partial charge in [-0.2, -0.15) is 0 Å². The number of sulfonamides is 1. The standard InChI is InChI=1S/C15H26N2O2S/c1-13(2)9-12-20(18,19)17(11-4-10-16)15-7-5-14(3)6-8-15/h5-8,13H,4,9-12,16H2,1-3H3. The van der Waals surface area contributed by atoms with E-state index in [1.807, 2.05) is 45.0 Å². The van der Waals surface area contributed by atoms with E-state index < -0.39 is 10.0 Å². The van der Waals surface area contributed by atoms with Crippen molar-refractivity contribution in [1.29, 1.82) is 0 Å². The van der Waals surface area contributed by atoms with E-state index in [2.05, 4.69) is 0 Å². The summed E-state index contributed by atoms with van der Waals surface area (Å²) in [4.78, 5) is 0. The zero-order valence-electron chi connectivity index (χ0n) is 12.7. The van der Waals surface area contributed by atoms with Crippen LogP contribution in [0.15, 0.2) is 24.3 Å². The van der Waals surface area contributed by atoms with Crippen molar-refractivity contribution in [3.05, 3.63) is 29.8 Å². The SMILES string of the molecule is Cc1ccc(N(CCCN)S(=O)(=O)CCC(C)C)cc1. The van der Waals surface area contributed by atoms with Crippen LogP contribution in [0.1, 0.15) is 32.3 Å². The molecule has 0 spiro atoms. The summed E-state index contributed by atoms with van der Waals surface area (Å²) in [6.07, 6.45) is 1.34. The summed E-state index contributed by atoms with van der Waals surface area (Å²) in [7, 11) is -3.28. The highest BCUT2D eigenvalue weighted by Crippen LogP contribution is 2.20. The van der Waals surface area contributed by atoms with Crippen LogP contribution in [0, 0.1) is 12.8 Å². The molecule has 2 N–H and O–H groups in total. The Bertz CT molecular complexity index is 495. The number of anilines is 1. The summed E-state index contributed by atoms with van der Waals surface area (Å²) in [6.45, 7) is 6.99. The minimum atomic E-state index is -3.28. The smallest absolute Gasteiger partial charge is 0.235 e. The predicted octanol–water partition coefficient (Wildman–Crippen LogP) is 2.53. The second-order valence-electron chi connectivity index (χ2n) is 5.55. The second kappa shape index (κ2) is 7.64. The van der Waals surface area contributed by atoms with Gasteiger partial charge in [0, 0.05) is 6.54 Å². The van der Waals surface area contributed by atoms with Crippen LogP contribution in [0.2, 0.25) is 0 Å². The normalized spacial score (nSPS) is 11.8. The molecule has 1 aromatic carbocycles. The van der Waals surface area contributed by atoms with Crippen molar-refractivity contribution in [3.8, 4) is 0 Å². The Morgan fingerprint density at radius 1 is 1.20 bits per heavy atom. The van der Waals surface area contributed by atoms with Crippen LogP contribution in [-0.4, -0.2) is 27.3 Å². The van der Waals surface area contributed by atoms with Crippen molar-refractivity contribution in [2.45, 2.75) is 33.6 Å². The lowest BCUT2D eigenvalue weighted by Crippen LogP contribution is -2.35. The van der Waals surface area contributed by atoms with Gasteiger partial charge in [0.1, 0.15) is 0 Å². The van der Waals surface area contributed by atoms with Crippen LogP contribution in [0.4, 0.5) is 5.69 Å². The first-order chi connectivity index (χ1) is 9.36. The fraction of sp³-hybridized carbons (Fsp3) is 0.600. The van der Waals surface area contributed by atoms with Gasteiger partial charge in [-0.15, -0.1) is 0 Å². The molecule has 0 radical (unpaired) electrons. The molecule has 0 saturated heterocycles. The van der Waals surface area contributed by atoms with Gasteiger partial charge in [0.25, 0.3) is 0 Å². The highest BCUT2D eigenvalue weighted by atomic mass is 32.2. The number of hydrogen-bond acceptors (Lipinski definition) is 3. The molecule has 5 heteroatoms. The molecule has 0 bridgehead atoms. The fourth-order valence-corrected chi connectivity index (χ4v) is 3.71. The maximum Gasteiger partial charge on any atom is 0.235 e. The van der Waals surface area contributed by atoms with Crippen molar-refractivity contribution in [2.24, 2.45) is 11.7 Å². The van der Waals surface area contributed by atoms with E-state index in [4.69, 9.17) is 5.73 Å². The lowest BCUT2D eigenvalue weighted by atomic mass is 10.2. The summed E-state index contributed by atoms with van der Waals surface area (Å²) >= 11 is 0. The van der Waals surface area contributed by atoms with Crippen LogP contribution in [0.5, 0.6) is 0 Å². The average molecular weight is 298 g/mol. The van der Waals surface area contributed by atoms with Gasteiger partial charge in [-0.25, -0.2) is 8.42 Å². The lowest BCUT2D eigenvalue weighted by molar-refractivity contribution is 0.568. The highest BCUT2D eigenvalue weighted by Gasteiger charge is 2.22. The Hall–Kier alpha value is -1.07. The molecule has 0 aromatic heterocycles. The molecule has 0 aliphatic carbocycles. The molecule has 20 heavy (non-hydrogen) atoms. The topological polar surface area (TPSA) is 63.4 Å². The highest BCUT2D eigenvalue weighted by molar-refractivity contribution is 7.92. The maximum atomic E-state index is 12.5. The van der Waals surface area contributed by atoms with Crippen LogP contribution in [-0.2, 0) is 10.0 Å². The largest absolute Gasteiger partial charge is 0.330 e. The van der Waals surface area contributed by atoms with Gasteiger partial charge in [0.15, 0.2) is 0 Å². The maximum absolute atomic E-state index is 12.5. The molecule has 0 unspecified atom stereocenters. The summed E-state index contributed by atoms with van der Waals surface area (Å²) < 4.78 is 26.5. The molecule has 0 aliphatic heterocycles. The first kappa shape index (κ1) is 17.0. The Labute approximate surface area is 123 Å². The Balaban J connectivity index is 2.96. The molecule has 0 amide bonds. The zero-order chi connectivity index (χ0) is 15.2. The van der Waals surface area contributed by atoms with Gasteiger partial charge in [-0.1, -0.05) is 31.5 Å². The number of hydrogen-bond donors (Lipinski definition) is 1. The fourth-order valence-electron chi connectivity index (χ4n) is 1.87. The van der Waals surface area contributed by atoms with Gasteiger partial charge in [0.05, 0.1) is 11.4 Å².